The van der Waals surface area contributed by atoms with Gasteiger partial charge in [-0.05, 0) is 48.4 Å². The minimum Gasteiger partial charge on any atom is -0.497 e. The number of nitrogens with one attached hydrogen (secondary N) is 1. The van der Waals surface area contributed by atoms with Gasteiger partial charge in [-0.2, -0.15) is 0 Å². The topological polar surface area (TPSA) is 110 Å². The van der Waals surface area contributed by atoms with Crippen molar-refractivity contribution in [3.63, 3.8) is 0 Å². The number of fused-ring (bicyclic) bond motifs is 1. The molecule has 0 saturated heterocycles. The predicted molar refractivity (Wildman–Crippen MR) is 160 cm³/mol. The third kappa shape index (κ3) is 7.93. The monoisotopic (exact) mass is 633 g/mol. The number of alkyl halides is 3. The van der Waals surface area contributed by atoms with Crippen LogP contribution in [-0.2, 0) is 19.8 Å². The van der Waals surface area contributed by atoms with E-state index in [1.165, 1.54) is 24.1 Å². The Kier molecular flexibility index (Phi) is 9.62. The summed E-state index contributed by atoms with van der Waals surface area (Å²) in [7, 11) is 1.48. The van der Waals surface area contributed by atoms with Gasteiger partial charge in [0, 0.05) is 40.4 Å². The number of carbonyl (C=O) groups is 2. The number of nitrogens with zero attached hydrogens (tertiary/aromatic N) is 2. The summed E-state index contributed by atoms with van der Waals surface area (Å²) in [6, 6.07) is 14.8. The molecule has 2 N–H and O–H groups in total. The fourth-order valence-corrected chi connectivity index (χ4v) is 5.00. The number of carbonyl (C=O) groups excluding carboxylic acids is 1. The molecule has 0 aromatic heterocycles. The molecule has 1 amide bonds. The third-order valence-electron chi connectivity index (χ3n) is 6.97. The van der Waals surface area contributed by atoms with Crippen LogP contribution in [0.1, 0.15) is 49.9 Å². The van der Waals surface area contributed by atoms with Gasteiger partial charge in [0.2, 0.25) is 0 Å². The van der Waals surface area contributed by atoms with Crippen LogP contribution < -0.4 is 19.7 Å². The Labute approximate surface area is 257 Å². The second-order valence-electron chi connectivity index (χ2n) is 10.8. The number of oxime groups is 1. The number of carboxylic acid groups (broad SMARTS) is 1. The number of amides is 1. The van der Waals surface area contributed by atoms with E-state index < -0.39 is 35.4 Å². The minimum absolute atomic E-state index is 0.113. The summed E-state index contributed by atoms with van der Waals surface area (Å²) in [6.07, 6.45) is -5.11. The summed E-state index contributed by atoms with van der Waals surface area (Å²) in [6.45, 7) is 5.58. The van der Waals surface area contributed by atoms with Crippen LogP contribution in [0.25, 0.3) is 0 Å². The average Bonchev–Trinajstić information content (AvgIpc) is 3.22. The van der Waals surface area contributed by atoms with E-state index in [9.17, 15) is 22.8 Å². The predicted octanol–water partition coefficient (Wildman–Crippen LogP) is 6.94. The van der Waals surface area contributed by atoms with Gasteiger partial charge < -0.3 is 29.6 Å². The van der Waals surface area contributed by atoms with Gasteiger partial charge in [-0.15, -0.1) is 13.2 Å². The first-order valence-corrected chi connectivity index (χ1v) is 13.9. The number of ether oxygens (including phenoxy) is 2. The molecule has 0 radical (unpaired) electrons. The van der Waals surface area contributed by atoms with Gasteiger partial charge in [-0.1, -0.05) is 48.8 Å². The number of aliphatic carboxylic acids is 1. The lowest BCUT2D eigenvalue weighted by Gasteiger charge is -2.27. The molecule has 3 aromatic rings. The van der Waals surface area contributed by atoms with E-state index in [0.717, 1.165) is 0 Å². The highest BCUT2D eigenvalue weighted by Crippen LogP contribution is 2.44. The Bertz CT molecular complexity index is 1560. The zero-order chi connectivity index (χ0) is 32.2. The van der Waals surface area contributed by atoms with Gasteiger partial charge in [0.15, 0.2) is 0 Å². The molecule has 0 bridgehead atoms. The molecule has 0 aliphatic carbocycles. The number of hydrogen-bond acceptors (Lipinski definition) is 7. The SMILES string of the molecule is COc1cc(NC(C(=O)N2CC(C)(C)c3ccc(OC(F)(F)F)cc32)c2ccc(Cl)cc2)cc(C(C)=NOCCC(=O)O)c1. The Morgan fingerprint density at radius 3 is 2.43 bits per heavy atom. The van der Waals surface area contributed by atoms with Crippen LogP contribution in [0.5, 0.6) is 11.5 Å². The van der Waals surface area contributed by atoms with E-state index in [1.807, 2.05) is 13.8 Å². The first-order chi connectivity index (χ1) is 20.7. The zero-order valence-corrected chi connectivity index (χ0v) is 25.1. The van der Waals surface area contributed by atoms with E-state index in [0.29, 0.717) is 44.5 Å². The highest BCUT2D eigenvalue weighted by Gasteiger charge is 2.41. The van der Waals surface area contributed by atoms with Crippen molar-refractivity contribution >= 4 is 40.6 Å². The van der Waals surface area contributed by atoms with Gasteiger partial charge in [0.25, 0.3) is 5.91 Å². The molecule has 13 heteroatoms. The average molecular weight is 634 g/mol. The Morgan fingerprint density at radius 2 is 1.80 bits per heavy atom. The fourth-order valence-electron chi connectivity index (χ4n) is 4.87. The summed E-state index contributed by atoms with van der Waals surface area (Å²) < 4.78 is 48.7. The molecule has 234 valence electrons. The van der Waals surface area contributed by atoms with Crippen LogP contribution in [0.2, 0.25) is 5.02 Å². The van der Waals surface area contributed by atoms with E-state index >= 15 is 0 Å². The molecule has 0 saturated carbocycles. The zero-order valence-electron chi connectivity index (χ0n) is 24.4. The lowest BCUT2D eigenvalue weighted by atomic mass is 9.87. The number of rotatable bonds is 11. The Balaban J connectivity index is 1.72. The maximum atomic E-state index is 14.3. The van der Waals surface area contributed by atoms with Gasteiger partial charge in [0.05, 0.1) is 24.9 Å². The molecular weight excluding hydrogens is 603 g/mol. The van der Waals surface area contributed by atoms with Gasteiger partial charge >= 0.3 is 12.3 Å². The van der Waals surface area contributed by atoms with Crippen molar-refractivity contribution in [2.24, 2.45) is 5.16 Å². The molecule has 1 heterocycles. The first kappa shape index (κ1) is 32.5. The molecule has 44 heavy (non-hydrogen) atoms. The van der Waals surface area contributed by atoms with Crippen LogP contribution >= 0.6 is 11.6 Å². The Hall–Kier alpha value is -4.45. The van der Waals surface area contributed by atoms with Crippen LogP contribution in [-0.4, -0.2) is 49.3 Å². The summed E-state index contributed by atoms with van der Waals surface area (Å²) >= 11 is 6.13. The second kappa shape index (κ2) is 13.0. The first-order valence-electron chi connectivity index (χ1n) is 13.5. The summed E-state index contributed by atoms with van der Waals surface area (Å²) in [5.74, 6) is -1.43. The molecule has 1 aliphatic rings. The highest BCUT2D eigenvalue weighted by molar-refractivity contribution is 6.30. The lowest BCUT2D eigenvalue weighted by Crippen LogP contribution is -2.39. The van der Waals surface area contributed by atoms with E-state index in [-0.39, 0.29) is 19.6 Å². The number of hydrogen-bond donors (Lipinski definition) is 2. The van der Waals surface area contributed by atoms with Crippen LogP contribution in [0, 0.1) is 0 Å². The molecule has 4 rings (SSSR count). The number of anilines is 2. The number of benzene rings is 3. The molecular formula is C31H31ClF3N3O6. The lowest BCUT2D eigenvalue weighted by molar-refractivity contribution is -0.274. The van der Waals surface area contributed by atoms with Gasteiger partial charge in [-0.3, -0.25) is 9.59 Å². The smallest absolute Gasteiger partial charge is 0.497 e. The quantitative estimate of drug-likeness (QED) is 0.134. The molecule has 0 fully saturated rings. The van der Waals surface area contributed by atoms with Gasteiger partial charge in [0.1, 0.15) is 24.1 Å². The van der Waals surface area contributed by atoms with Crippen LogP contribution in [0.4, 0.5) is 24.5 Å². The van der Waals surface area contributed by atoms with Crippen molar-refractivity contribution in [2.75, 3.05) is 30.5 Å². The normalized spacial score (nSPS) is 14.9. The van der Waals surface area contributed by atoms with E-state index in [2.05, 4.69) is 15.2 Å². The fraction of sp³-hybridized carbons (Fsp3) is 0.323. The van der Waals surface area contributed by atoms with Crippen molar-refractivity contribution in [1.29, 1.82) is 0 Å². The van der Waals surface area contributed by atoms with Crippen molar-refractivity contribution in [3.8, 4) is 11.5 Å². The summed E-state index contributed by atoms with van der Waals surface area (Å²) in [5.41, 5.74) is 2.50. The second-order valence-corrected chi connectivity index (χ2v) is 11.2. The van der Waals surface area contributed by atoms with Crippen molar-refractivity contribution in [1.82, 2.24) is 0 Å². The Morgan fingerprint density at radius 1 is 1.09 bits per heavy atom. The summed E-state index contributed by atoms with van der Waals surface area (Å²) in [4.78, 5) is 31.7. The number of halogens is 4. The molecule has 1 aliphatic heterocycles. The molecule has 0 spiro atoms. The van der Waals surface area contributed by atoms with E-state index in [1.54, 1.807) is 55.5 Å². The molecule has 9 nitrogen and oxygen atoms in total. The van der Waals surface area contributed by atoms with E-state index in [4.69, 9.17) is 26.3 Å². The standard InChI is InChI=1S/C31H31ClF3N3O6/c1-18(37-43-12-11-27(39)40)20-13-22(15-24(14-20)42-4)36-28(19-5-7-21(32)8-6-19)29(41)38-17-30(2,3)25-10-9-23(16-26(25)38)44-31(33,34)35/h5-10,13-16,28,36H,11-12,17H2,1-4H3,(H,39,40). The van der Waals surface area contributed by atoms with Crippen LogP contribution in [0.15, 0.2) is 65.8 Å². The highest BCUT2D eigenvalue weighted by atomic mass is 35.5. The maximum absolute atomic E-state index is 14.3. The molecule has 1 unspecified atom stereocenters. The number of carboxylic acids is 1. The van der Waals surface area contributed by atoms with Crippen molar-refractivity contribution in [2.45, 2.75) is 45.0 Å². The largest absolute Gasteiger partial charge is 0.573 e. The van der Waals surface area contributed by atoms with Gasteiger partial charge in [-0.25, -0.2) is 0 Å². The van der Waals surface area contributed by atoms with Crippen molar-refractivity contribution < 1.29 is 42.2 Å². The third-order valence-corrected chi connectivity index (χ3v) is 7.22. The molecule has 1 atom stereocenters. The van der Waals surface area contributed by atoms with Crippen molar-refractivity contribution in [3.05, 3.63) is 82.4 Å². The molecule has 3 aromatic carbocycles. The minimum atomic E-state index is -4.89. The number of methoxy groups -OCH3 is 1. The van der Waals surface area contributed by atoms with Crippen LogP contribution in [0.3, 0.4) is 0 Å². The summed E-state index contributed by atoms with van der Waals surface area (Å²) in [5, 5.41) is 16.5. The maximum Gasteiger partial charge on any atom is 0.573 e.